The first kappa shape index (κ1) is 9.38. The summed E-state index contributed by atoms with van der Waals surface area (Å²) in [5, 5.41) is 5.39. The van der Waals surface area contributed by atoms with Crippen molar-refractivity contribution < 1.29 is 0 Å². The quantitative estimate of drug-likeness (QED) is 0.751. The van der Waals surface area contributed by atoms with Crippen LogP contribution in [0.15, 0.2) is 4.99 Å². The van der Waals surface area contributed by atoms with Crippen molar-refractivity contribution in [3.8, 4) is 0 Å². The fraction of sp³-hybridized carbons (Fsp3) is 0.900. The summed E-state index contributed by atoms with van der Waals surface area (Å²) in [6.07, 6.45) is 2.87. The van der Waals surface area contributed by atoms with Crippen molar-refractivity contribution in [2.24, 2.45) is 16.8 Å². The molecule has 2 aliphatic rings. The number of hydrogen-bond acceptors (Lipinski definition) is 3. The van der Waals surface area contributed by atoms with Crippen LogP contribution in [0.25, 0.3) is 0 Å². The Bertz CT molecular complexity index is 209. The molecule has 0 radical (unpaired) electrons. The fourth-order valence-electron chi connectivity index (χ4n) is 1.49. The Morgan fingerprint density at radius 1 is 1.54 bits per heavy atom. The van der Waals surface area contributed by atoms with Gasteiger partial charge >= 0.3 is 0 Å². The Labute approximate surface area is 84.6 Å². The van der Waals surface area contributed by atoms with Gasteiger partial charge in [-0.15, -0.1) is 0 Å². The van der Waals surface area contributed by atoms with Crippen LogP contribution in [0.2, 0.25) is 0 Å². The predicted molar refractivity (Wildman–Crippen MR) is 59.2 cm³/mol. The summed E-state index contributed by atoms with van der Waals surface area (Å²) in [4.78, 5) is 4.52. The van der Waals surface area contributed by atoms with E-state index < -0.39 is 0 Å². The third kappa shape index (κ3) is 2.63. The van der Waals surface area contributed by atoms with E-state index in [9.17, 15) is 0 Å². The molecule has 3 heteroatoms. The highest BCUT2D eigenvalue weighted by atomic mass is 32.2. The van der Waals surface area contributed by atoms with Gasteiger partial charge in [-0.25, -0.2) is 0 Å². The van der Waals surface area contributed by atoms with E-state index in [4.69, 9.17) is 0 Å². The van der Waals surface area contributed by atoms with E-state index in [1.54, 1.807) is 0 Å². The molecule has 1 aliphatic carbocycles. The lowest BCUT2D eigenvalue weighted by Gasteiger charge is -2.09. The van der Waals surface area contributed by atoms with Crippen LogP contribution in [0.5, 0.6) is 0 Å². The van der Waals surface area contributed by atoms with Crippen LogP contribution in [0.4, 0.5) is 0 Å². The van der Waals surface area contributed by atoms with E-state index >= 15 is 0 Å². The maximum Gasteiger partial charge on any atom is 0.156 e. The van der Waals surface area contributed by atoms with Crippen molar-refractivity contribution in [1.29, 1.82) is 0 Å². The van der Waals surface area contributed by atoms with Gasteiger partial charge in [-0.2, -0.15) is 0 Å². The molecule has 13 heavy (non-hydrogen) atoms. The van der Waals surface area contributed by atoms with E-state index in [2.05, 4.69) is 24.2 Å². The van der Waals surface area contributed by atoms with Gasteiger partial charge in [-0.1, -0.05) is 25.6 Å². The van der Waals surface area contributed by atoms with Crippen molar-refractivity contribution in [1.82, 2.24) is 5.32 Å². The molecular weight excluding hydrogens is 180 g/mol. The van der Waals surface area contributed by atoms with Crippen LogP contribution in [-0.2, 0) is 0 Å². The molecule has 0 bridgehead atoms. The van der Waals surface area contributed by atoms with E-state index in [1.165, 1.54) is 18.0 Å². The number of hydrogen-bond donors (Lipinski definition) is 1. The normalized spacial score (nSPS) is 27.9. The van der Waals surface area contributed by atoms with Gasteiger partial charge in [0.15, 0.2) is 5.17 Å². The monoisotopic (exact) mass is 198 g/mol. The Hall–Kier alpha value is -0.180. The second-order valence-electron chi connectivity index (χ2n) is 4.41. The van der Waals surface area contributed by atoms with E-state index in [-0.39, 0.29) is 0 Å². The second kappa shape index (κ2) is 3.91. The molecule has 1 heterocycles. The van der Waals surface area contributed by atoms with Crippen molar-refractivity contribution in [3.05, 3.63) is 0 Å². The van der Waals surface area contributed by atoms with E-state index in [0.717, 1.165) is 24.3 Å². The molecular formula is C10H18N2S. The van der Waals surface area contributed by atoms with Crippen molar-refractivity contribution in [3.63, 3.8) is 0 Å². The highest BCUT2D eigenvalue weighted by Crippen LogP contribution is 2.41. The molecule has 2 nitrogen and oxygen atoms in total. The van der Waals surface area contributed by atoms with E-state index in [1.807, 2.05) is 11.8 Å². The largest absolute Gasteiger partial charge is 0.365 e. The molecule has 74 valence electrons. The van der Waals surface area contributed by atoms with Crippen molar-refractivity contribution in [2.45, 2.75) is 31.9 Å². The molecule has 0 aromatic heterocycles. The average molecular weight is 198 g/mol. The second-order valence-corrected chi connectivity index (χ2v) is 5.64. The molecule has 1 atom stereocenters. The van der Waals surface area contributed by atoms with Gasteiger partial charge in [0.25, 0.3) is 0 Å². The summed E-state index contributed by atoms with van der Waals surface area (Å²) in [7, 11) is 0. The molecule has 1 fully saturated rings. The van der Waals surface area contributed by atoms with Crippen LogP contribution in [-0.4, -0.2) is 23.5 Å². The van der Waals surface area contributed by atoms with Gasteiger partial charge in [0.1, 0.15) is 0 Å². The van der Waals surface area contributed by atoms with Crippen LogP contribution in [0.1, 0.15) is 26.7 Å². The first-order valence-corrected chi connectivity index (χ1v) is 6.08. The molecule has 0 aromatic rings. The third-order valence-corrected chi connectivity index (χ3v) is 3.82. The number of amidine groups is 1. The summed E-state index contributed by atoms with van der Waals surface area (Å²) in [6.45, 7) is 6.57. The molecule has 1 saturated carbocycles. The number of nitrogens with one attached hydrogen (secondary N) is 1. The topological polar surface area (TPSA) is 24.4 Å². The standard InChI is InChI=1S/C10H18N2S/c1-7(2)5-11-10-12-6-9(13-10)8-3-4-8/h7-9H,3-6H2,1-2H3,(H,11,12). The SMILES string of the molecule is CC(C)CNC1=NCC(C2CC2)S1. The maximum absolute atomic E-state index is 4.52. The maximum atomic E-state index is 4.52. The zero-order valence-electron chi connectivity index (χ0n) is 8.42. The lowest BCUT2D eigenvalue weighted by molar-refractivity contribution is 0.627. The lowest BCUT2D eigenvalue weighted by Crippen LogP contribution is -2.24. The summed E-state index contributed by atoms with van der Waals surface area (Å²) < 4.78 is 0. The minimum absolute atomic E-state index is 0.711. The van der Waals surface area contributed by atoms with Crippen LogP contribution < -0.4 is 5.32 Å². The first-order valence-electron chi connectivity index (χ1n) is 5.20. The smallest absolute Gasteiger partial charge is 0.156 e. The number of rotatable bonds is 3. The molecule has 0 saturated heterocycles. The summed E-state index contributed by atoms with van der Waals surface area (Å²) >= 11 is 1.96. The zero-order chi connectivity index (χ0) is 9.26. The average Bonchev–Trinajstić information content (AvgIpc) is 2.83. The number of thioether (sulfide) groups is 1. The summed E-state index contributed by atoms with van der Waals surface area (Å²) in [5.74, 6) is 1.69. The minimum Gasteiger partial charge on any atom is -0.365 e. The van der Waals surface area contributed by atoms with Crippen LogP contribution in [0, 0.1) is 11.8 Å². The summed E-state index contributed by atoms with van der Waals surface area (Å²) in [5.41, 5.74) is 0. The molecule has 2 rings (SSSR count). The Morgan fingerprint density at radius 2 is 2.31 bits per heavy atom. The minimum atomic E-state index is 0.711. The molecule has 1 aliphatic heterocycles. The van der Waals surface area contributed by atoms with Crippen molar-refractivity contribution in [2.75, 3.05) is 13.1 Å². The van der Waals surface area contributed by atoms with Gasteiger partial charge in [-0.3, -0.25) is 4.99 Å². The van der Waals surface area contributed by atoms with Crippen LogP contribution >= 0.6 is 11.8 Å². The van der Waals surface area contributed by atoms with Gasteiger partial charge in [0, 0.05) is 11.8 Å². The molecule has 1 N–H and O–H groups in total. The van der Waals surface area contributed by atoms with Gasteiger partial charge in [0.2, 0.25) is 0 Å². The Balaban J connectivity index is 1.70. The molecule has 0 amide bonds. The Kier molecular flexibility index (Phi) is 2.82. The van der Waals surface area contributed by atoms with Crippen LogP contribution in [0.3, 0.4) is 0 Å². The fourth-order valence-corrected chi connectivity index (χ4v) is 2.71. The first-order chi connectivity index (χ1) is 6.25. The van der Waals surface area contributed by atoms with E-state index in [0.29, 0.717) is 5.92 Å². The highest BCUT2D eigenvalue weighted by molar-refractivity contribution is 8.14. The van der Waals surface area contributed by atoms with Gasteiger partial charge in [-0.05, 0) is 24.7 Å². The summed E-state index contributed by atoms with van der Waals surface area (Å²) in [6, 6.07) is 0. The zero-order valence-corrected chi connectivity index (χ0v) is 9.23. The lowest BCUT2D eigenvalue weighted by atomic mass is 10.2. The van der Waals surface area contributed by atoms with Crippen molar-refractivity contribution >= 4 is 16.9 Å². The Morgan fingerprint density at radius 3 is 2.92 bits per heavy atom. The number of nitrogens with zero attached hydrogens (tertiary/aromatic N) is 1. The number of aliphatic imine (C=N–C) groups is 1. The highest BCUT2D eigenvalue weighted by Gasteiger charge is 2.35. The van der Waals surface area contributed by atoms with Gasteiger partial charge < -0.3 is 5.32 Å². The molecule has 0 spiro atoms. The molecule has 0 aromatic carbocycles. The predicted octanol–water partition coefficient (Wildman–Crippen LogP) is 2.11. The van der Waals surface area contributed by atoms with Gasteiger partial charge in [0.05, 0.1) is 6.54 Å². The molecule has 1 unspecified atom stereocenters. The third-order valence-electron chi connectivity index (χ3n) is 2.49.